The van der Waals surface area contributed by atoms with Gasteiger partial charge in [-0.15, -0.1) is 11.3 Å². The maximum Gasteiger partial charge on any atom is 0.341 e. The molecule has 3 aliphatic rings. The number of esters is 1. The van der Waals surface area contributed by atoms with Crippen molar-refractivity contribution in [3.8, 4) is 0 Å². The average molecular weight is 376 g/mol. The molecular formula is C21H29NO3S. The van der Waals surface area contributed by atoms with Crippen LogP contribution in [0.1, 0.15) is 79.6 Å². The van der Waals surface area contributed by atoms with E-state index in [4.69, 9.17) is 4.74 Å². The van der Waals surface area contributed by atoms with Gasteiger partial charge in [-0.3, -0.25) is 4.79 Å². The summed E-state index contributed by atoms with van der Waals surface area (Å²) in [5, 5.41) is 3.88. The fraction of sp³-hybridized carbons (Fsp3) is 0.714. The Morgan fingerprint density at radius 1 is 1.12 bits per heavy atom. The molecule has 1 aromatic rings. The predicted molar refractivity (Wildman–Crippen MR) is 104 cm³/mol. The van der Waals surface area contributed by atoms with Crippen LogP contribution in [0.15, 0.2) is 0 Å². The molecule has 0 radical (unpaired) electrons. The van der Waals surface area contributed by atoms with E-state index in [1.165, 1.54) is 30.6 Å². The van der Waals surface area contributed by atoms with Gasteiger partial charge in [-0.05, 0) is 76.2 Å². The van der Waals surface area contributed by atoms with E-state index in [0.29, 0.717) is 11.5 Å². The number of aryl methyl sites for hydroxylation is 1. The van der Waals surface area contributed by atoms with Crippen molar-refractivity contribution in [2.24, 2.45) is 17.8 Å². The molecule has 2 fully saturated rings. The number of hydrogen-bond donors (Lipinski definition) is 1. The van der Waals surface area contributed by atoms with Gasteiger partial charge >= 0.3 is 5.97 Å². The first-order chi connectivity index (χ1) is 12.5. The number of thiophene rings is 1. The molecule has 1 aromatic heterocycles. The van der Waals surface area contributed by atoms with Crippen molar-refractivity contribution in [2.75, 3.05) is 5.32 Å². The molecule has 2 saturated carbocycles. The summed E-state index contributed by atoms with van der Waals surface area (Å²) >= 11 is 1.61. The standard InChI is InChI=1S/C21H29NO3S/c1-12(2)25-21(24)18-15-6-4-3-5-7-17(15)26-20(18)22-19(23)16-11-13-8-9-14(16)10-13/h12-14,16H,3-11H2,1-2H3,(H,22,23)/t13-,14-,16-/m1/s1. The molecule has 5 heteroatoms. The Labute approximate surface area is 159 Å². The van der Waals surface area contributed by atoms with E-state index in [2.05, 4.69) is 5.32 Å². The third-order valence-electron chi connectivity index (χ3n) is 6.28. The second-order valence-electron chi connectivity index (χ2n) is 8.49. The van der Waals surface area contributed by atoms with Gasteiger partial charge in [0, 0.05) is 10.8 Å². The van der Waals surface area contributed by atoms with E-state index in [1.807, 2.05) is 13.8 Å². The van der Waals surface area contributed by atoms with E-state index in [-0.39, 0.29) is 23.9 Å². The number of amides is 1. The number of hydrogen-bond acceptors (Lipinski definition) is 4. The lowest BCUT2D eigenvalue weighted by Gasteiger charge is -2.20. The first-order valence-electron chi connectivity index (χ1n) is 10.2. The van der Waals surface area contributed by atoms with Crippen LogP contribution in [-0.2, 0) is 22.4 Å². The second kappa shape index (κ2) is 7.34. The van der Waals surface area contributed by atoms with Gasteiger partial charge in [0.15, 0.2) is 0 Å². The fourth-order valence-electron chi connectivity index (χ4n) is 5.09. The van der Waals surface area contributed by atoms with E-state index in [0.717, 1.165) is 48.6 Å². The lowest BCUT2D eigenvalue weighted by atomic mass is 9.88. The first-order valence-corrected chi connectivity index (χ1v) is 11.0. The van der Waals surface area contributed by atoms with Crippen molar-refractivity contribution in [1.82, 2.24) is 0 Å². The van der Waals surface area contributed by atoms with Gasteiger partial charge in [-0.1, -0.05) is 12.8 Å². The Balaban J connectivity index is 1.60. The zero-order valence-electron chi connectivity index (χ0n) is 15.8. The fourth-order valence-corrected chi connectivity index (χ4v) is 6.37. The summed E-state index contributed by atoms with van der Waals surface area (Å²) in [4.78, 5) is 27.0. The Morgan fingerprint density at radius 3 is 2.62 bits per heavy atom. The smallest absolute Gasteiger partial charge is 0.341 e. The van der Waals surface area contributed by atoms with Crippen LogP contribution in [0.3, 0.4) is 0 Å². The summed E-state index contributed by atoms with van der Waals surface area (Å²) in [6, 6.07) is 0. The minimum Gasteiger partial charge on any atom is -0.459 e. The topological polar surface area (TPSA) is 55.4 Å². The predicted octanol–water partition coefficient (Wildman–Crippen LogP) is 4.96. The molecule has 2 bridgehead atoms. The van der Waals surface area contributed by atoms with Crippen LogP contribution < -0.4 is 5.32 Å². The van der Waals surface area contributed by atoms with Gasteiger partial charge < -0.3 is 10.1 Å². The zero-order chi connectivity index (χ0) is 18.3. The van der Waals surface area contributed by atoms with Crippen LogP contribution in [-0.4, -0.2) is 18.0 Å². The van der Waals surface area contributed by atoms with Crippen molar-refractivity contribution in [3.05, 3.63) is 16.0 Å². The summed E-state index contributed by atoms with van der Waals surface area (Å²) in [5.74, 6) is 1.25. The van der Waals surface area contributed by atoms with Crippen molar-refractivity contribution >= 4 is 28.2 Å². The number of carbonyl (C=O) groups excluding carboxylic acids is 2. The molecule has 0 saturated heterocycles. The quantitative estimate of drug-likeness (QED) is 0.598. The van der Waals surface area contributed by atoms with Crippen molar-refractivity contribution in [2.45, 2.75) is 77.7 Å². The van der Waals surface area contributed by atoms with Gasteiger partial charge in [0.2, 0.25) is 5.91 Å². The monoisotopic (exact) mass is 375 g/mol. The third kappa shape index (κ3) is 3.42. The molecule has 0 aliphatic heterocycles. The van der Waals surface area contributed by atoms with E-state index >= 15 is 0 Å². The average Bonchev–Trinajstić information content (AvgIpc) is 3.25. The molecule has 3 atom stereocenters. The number of fused-ring (bicyclic) bond motifs is 3. The summed E-state index contributed by atoms with van der Waals surface area (Å²) in [6.07, 6.45) is 9.93. The molecule has 1 amide bonds. The zero-order valence-corrected chi connectivity index (χ0v) is 16.6. The molecule has 0 spiro atoms. The van der Waals surface area contributed by atoms with Gasteiger partial charge in [-0.25, -0.2) is 4.79 Å². The van der Waals surface area contributed by atoms with Crippen LogP contribution >= 0.6 is 11.3 Å². The summed E-state index contributed by atoms with van der Waals surface area (Å²) in [6.45, 7) is 3.74. The van der Waals surface area contributed by atoms with Crippen LogP contribution in [0.5, 0.6) is 0 Å². The SMILES string of the molecule is CC(C)OC(=O)c1c(NC(=O)[C@@H]2C[C@@H]3CC[C@@H]2C3)sc2c1CCCCC2. The molecule has 4 rings (SSSR count). The number of ether oxygens (including phenoxy) is 1. The van der Waals surface area contributed by atoms with Crippen LogP contribution in [0.2, 0.25) is 0 Å². The number of carbonyl (C=O) groups is 2. The summed E-state index contributed by atoms with van der Waals surface area (Å²) < 4.78 is 5.52. The Morgan fingerprint density at radius 2 is 1.92 bits per heavy atom. The van der Waals surface area contributed by atoms with E-state index in [1.54, 1.807) is 11.3 Å². The largest absolute Gasteiger partial charge is 0.459 e. The number of nitrogens with one attached hydrogen (secondary N) is 1. The molecule has 0 unspecified atom stereocenters. The highest BCUT2D eigenvalue weighted by Gasteiger charge is 2.43. The molecule has 3 aliphatic carbocycles. The van der Waals surface area contributed by atoms with Crippen LogP contribution in [0.4, 0.5) is 5.00 Å². The Hall–Kier alpha value is -1.36. The van der Waals surface area contributed by atoms with E-state index < -0.39 is 0 Å². The van der Waals surface area contributed by atoms with Crippen LogP contribution in [0.25, 0.3) is 0 Å². The highest BCUT2D eigenvalue weighted by Crippen LogP contribution is 2.49. The van der Waals surface area contributed by atoms with Gasteiger partial charge in [0.1, 0.15) is 5.00 Å². The lowest BCUT2D eigenvalue weighted by molar-refractivity contribution is -0.121. The molecule has 1 heterocycles. The van der Waals surface area contributed by atoms with Crippen LogP contribution in [0, 0.1) is 17.8 Å². The molecule has 1 N–H and O–H groups in total. The molecule has 142 valence electrons. The lowest BCUT2D eigenvalue weighted by Crippen LogP contribution is -2.27. The summed E-state index contributed by atoms with van der Waals surface area (Å²) in [5.41, 5.74) is 1.76. The van der Waals surface area contributed by atoms with Crippen molar-refractivity contribution in [1.29, 1.82) is 0 Å². The molecule has 0 aromatic carbocycles. The Kier molecular flexibility index (Phi) is 5.09. The Bertz CT molecular complexity index is 708. The maximum absolute atomic E-state index is 12.9. The minimum atomic E-state index is -0.275. The summed E-state index contributed by atoms with van der Waals surface area (Å²) in [7, 11) is 0. The van der Waals surface area contributed by atoms with Crippen molar-refractivity contribution in [3.63, 3.8) is 0 Å². The molecule has 4 nitrogen and oxygen atoms in total. The first kappa shape index (κ1) is 18.0. The minimum absolute atomic E-state index is 0.118. The molecule has 26 heavy (non-hydrogen) atoms. The highest BCUT2D eigenvalue weighted by atomic mass is 32.1. The number of rotatable bonds is 4. The van der Waals surface area contributed by atoms with Gasteiger partial charge in [0.05, 0.1) is 11.7 Å². The van der Waals surface area contributed by atoms with E-state index in [9.17, 15) is 9.59 Å². The van der Waals surface area contributed by atoms with Gasteiger partial charge in [0.25, 0.3) is 0 Å². The third-order valence-corrected chi connectivity index (χ3v) is 7.49. The normalized spacial score (nSPS) is 27.3. The second-order valence-corrected chi connectivity index (χ2v) is 9.60. The number of anilines is 1. The highest BCUT2D eigenvalue weighted by molar-refractivity contribution is 7.17. The maximum atomic E-state index is 12.9. The molecular weight excluding hydrogens is 346 g/mol. The van der Waals surface area contributed by atoms with Gasteiger partial charge in [-0.2, -0.15) is 0 Å². The van der Waals surface area contributed by atoms with Crippen molar-refractivity contribution < 1.29 is 14.3 Å².